The van der Waals surface area contributed by atoms with Crippen LogP contribution in [0, 0.1) is 34.5 Å². The summed E-state index contributed by atoms with van der Waals surface area (Å²) in [5.74, 6) is -0.712. The highest BCUT2D eigenvalue weighted by molar-refractivity contribution is 6.01. The maximum Gasteiger partial charge on any atom is 0.303 e. The van der Waals surface area contributed by atoms with Crippen molar-refractivity contribution in [3.8, 4) is 0 Å². The summed E-state index contributed by atoms with van der Waals surface area (Å²) in [7, 11) is 0. The van der Waals surface area contributed by atoms with Crippen LogP contribution in [0.3, 0.4) is 0 Å². The van der Waals surface area contributed by atoms with Crippen molar-refractivity contribution >= 4 is 17.5 Å². The lowest BCUT2D eigenvalue weighted by Gasteiger charge is -2.60. The number of ether oxygens (including phenoxy) is 1. The maximum atomic E-state index is 12.9. The third-order valence-electron chi connectivity index (χ3n) is 8.84. The van der Waals surface area contributed by atoms with E-state index in [1.165, 1.54) is 6.92 Å². The predicted octanol–water partition coefficient (Wildman–Crippen LogP) is 2.37. The number of carbonyl (C=O) groups excluding carboxylic acids is 3. The molecule has 3 fully saturated rings. The summed E-state index contributed by atoms with van der Waals surface area (Å²) in [6, 6.07) is 0. The van der Waals surface area contributed by atoms with Crippen molar-refractivity contribution in [1.82, 2.24) is 0 Å². The summed E-state index contributed by atoms with van der Waals surface area (Å²) in [5, 5.41) is 22.9. The van der Waals surface area contributed by atoms with Crippen LogP contribution in [0.4, 0.5) is 0 Å². The number of Topliss-reactive ketones (excluding diaryl/α,β-unsaturated/α-hetero) is 1. The minimum atomic E-state index is -1.61. The van der Waals surface area contributed by atoms with E-state index >= 15 is 0 Å². The molecular formula is C24H32O6. The van der Waals surface area contributed by atoms with Crippen LogP contribution in [0.5, 0.6) is 0 Å². The van der Waals surface area contributed by atoms with Gasteiger partial charge in [-0.05, 0) is 55.6 Å². The summed E-state index contributed by atoms with van der Waals surface area (Å²) in [6.45, 7) is 6.94. The molecule has 0 aromatic heterocycles. The van der Waals surface area contributed by atoms with Crippen LogP contribution in [0.1, 0.15) is 53.4 Å². The van der Waals surface area contributed by atoms with Gasteiger partial charge in [0.2, 0.25) is 5.78 Å². The number of ketones is 2. The van der Waals surface area contributed by atoms with Crippen molar-refractivity contribution in [2.24, 2.45) is 34.5 Å². The molecule has 164 valence electrons. The Labute approximate surface area is 177 Å². The van der Waals surface area contributed by atoms with Gasteiger partial charge < -0.3 is 14.9 Å². The molecule has 0 radical (unpaired) electrons. The van der Waals surface area contributed by atoms with Gasteiger partial charge in [-0.25, -0.2) is 0 Å². The molecule has 30 heavy (non-hydrogen) atoms. The lowest BCUT2D eigenvalue weighted by molar-refractivity contribution is -0.182. The second-order valence-corrected chi connectivity index (χ2v) is 10.3. The molecule has 0 amide bonds. The molecular weight excluding hydrogens is 384 g/mol. The molecule has 0 aliphatic heterocycles. The van der Waals surface area contributed by atoms with Crippen LogP contribution in [-0.4, -0.2) is 46.1 Å². The minimum absolute atomic E-state index is 0.00535. The number of aliphatic hydroxyl groups is 2. The fourth-order valence-corrected chi connectivity index (χ4v) is 7.50. The van der Waals surface area contributed by atoms with Crippen LogP contribution < -0.4 is 0 Å². The van der Waals surface area contributed by atoms with E-state index in [9.17, 15) is 24.6 Å². The van der Waals surface area contributed by atoms with Crippen molar-refractivity contribution in [2.45, 2.75) is 65.1 Å². The minimum Gasteiger partial charge on any atom is -0.458 e. The Kier molecular flexibility index (Phi) is 4.90. The van der Waals surface area contributed by atoms with Crippen molar-refractivity contribution in [3.63, 3.8) is 0 Å². The van der Waals surface area contributed by atoms with E-state index in [0.29, 0.717) is 19.3 Å². The first kappa shape index (κ1) is 21.4. The average Bonchev–Trinajstić information content (AvgIpc) is 2.93. The van der Waals surface area contributed by atoms with Crippen LogP contribution in [0.25, 0.3) is 0 Å². The molecule has 0 heterocycles. The fourth-order valence-electron chi connectivity index (χ4n) is 7.50. The third-order valence-corrected chi connectivity index (χ3v) is 8.84. The molecule has 0 aromatic carbocycles. The molecule has 4 aliphatic carbocycles. The Bertz CT molecular complexity index is 858. The highest BCUT2D eigenvalue weighted by atomic mass is 16.5. The molecule has 2 N–H and O–H groups in total. The molecule has 4 aliphatic rings. The summed E-state index contributed by atoms with van der Waals surface area (Å²) in [6.07, 6.45) is 6.71. The number of rotatable bonds is 3. The Morgan fingerprint density at radius 2 is 2.00 bits per heavy atom. The third kappa shape index (κ3) is 2.79. The van der Waals surface area contributed by atoms with Crippen LogP contribution in [0.15, 0.2) is 23.8 Å². The average molecular weight is 417 g/mol. The molecule has 0 unspecified atom stereocenters. The lowest BCUT2D eigenvalue weighted by Crippen LogP contribution is -2.62. The van der Waals surface area contributed by atoms with Crippen molar-refractivity contribution in [1.29, 1.82) is 0 Å². The zero-order valence-electron chi connectivity index (χ0n) is 18.2. The van der Waals surface area contributed by atoms with Crippen molar-refractivity contribution < 1.29 is 29.3 Å². The number of aliphatic hydroxyl groups excluding tert-OH is 1. The summed E-state index contributed by atoms with van der Waals surface area (Å²) >= 11 is 0. The standard InChI is InChI=1S/C24H32O6/c1-13-9-16-17-6-8-24(29,20(28)12-30-14(2)25)23(17,4)11-19(27)21(16)22(3)7-5-15(26)10-18(13)22/h5,7,10,13,16-17,19,21,27,29H,6,8-9,11-12H2,1-4H3/t13-,16+,17+,19+,21-,22+,23+,24+/m1/s1. The van der Waals surface area contributed by atoms with E-state index in [1.54, 1.807) is 12.2 Å². The zero-order valence-corrected chi connectivity index (χ0v) is 18.2. The monoisotopic (exact) mass is 416 g/mol. The lowest BCUT2D eigenvalue weighted by atomic mass is 9.45. The van der Waals surface area contributed by atoms with Gasteiger partial charge in [-0.15, -0.1) is 0 Å². The molecule has 8 atom stereocenters. The van der Waals surface area contributed by atoms with Gasteiger partial charge in [0.25, 0.3) is 0 Å². The van der Waals surface area contributed by atoms with Gasteiger partial charge in [-0.1, -0.05) is 32.4 Å². The number of esters is 1. The van der Waals surface area contributed by atoms with Crippen molar-refractivity contribution in [2.75, 3.05) is 6.61 Å². The highest BCUT2D eigenvalue weighted by Gasteiger charge is 2.68. The zero-order chi connectivity index (χ0) is 22.1. The van der Waals surface area contributed by atoms with E-state index < -0.39 is 40.9 Å². The molecule has 0 spiro atoms. The van der Waals surface area contributed by atoms with Crippen LogP contribution in [0.2, 0.25) is 0 Å². The summed E-state index contributed by atoms with van der Waals surface area (Å²) in [5.41, 5.74) is -1.72. The second kappa shape index (κ2) is 6.86. The van der Waals surface area contributed by atoms with Gasteiger partial charge >= 0.3 is 5.97 Å². The Morgan fingerprint density at radius 1 is 1.30 bits per heavy atom. The topological polar surface area (TPSA) is 101 Å². The fraction of sp³-hybridized carbons (Fsp3) is 0.708. The van der Waals surface area contributed by atoms with Gasteiger partial charge in [-0.3, -0.25) is 14.4 Å². The normalized spacial score (nSPS) is 47.1. The number of carbonyl (C=O) groups is 3. The first-order valence-electron chi connectivity index (χ1n) is 11.0. The summed E-state index contributed by atoms with van der Waals surface area (Å²) < 4.78 is 4.89. The molecule has 0 bridgehead atoms. The molecule has 6 nitrogen and oxygen atoms in total. The predicted molar refractivity (Wildman–Crippen MR) is 109 cm³/mol. The maximum absolute atomic E-state index is 12.9. The first-order valence-corrected chi connectivity index (χ1v) is 11.0. The highest BCUT2D eigenvalue weighted by Crippen LogP contribution is 2.67. The van der Waals surface area contributed by atoms with Crippen LogP contribution >= 0.6 is 0 Å². The quantitative estimate of drug-likeness (QED) is 0.685. The van der Waals surface area contributed by atoms with E-state index in [0.717, 1.165) is 12.0 Å². The van der Waals surface area contributed by atoms with Gasteiger partial charge in [0, 0.05) is 23.7 Å². The van der Waals surface area contributed by atoms with E-state index in [4.69, 9.17) is 4.74 Å². The van der Waals surface area contributed by atoms with Gasteiger partial charge in [0.05, 0.1) is 6.10 Å². The number of hydrogen-bond donors (Lipinski definition) is 2. The first-order chi connectivity index (χ1) is 13.9. The SMILES string of the molecule is CC(=O)OCC(=O)[C@@]1(O)CC[C@H]2[C@@H]3C[C@@H](C)C4=CC(=O)C=C[C@]4(C)[C@H]3[C@@H](O)C[C@@]21C. The molecule has 6 heteroatoms. The summed E-state index contributed by atoms with van der Waals surface area (Å²) in [4.78, 5) is 36.1. The number of allylic oxidation sites excluding steroid dienone is 4. The second-order valence-electron chi connectivity index (χ2n) is 10.3. The van der Waals surface area contributed by atoms with Crippen LogP contribution in [-0.2, 0) is 19.1 Å². The van der Waals surface area contributed by atoms with E-state index in [2.05, 4.69) is 13.8 Å². The number of hydrogen-bond acceptors (Lipinski definition) is 6. The Morgan fingerprint density at radius 3 is 2.67 bits per heavy atom. The van der Waals surface area contributed by atoms with E-state index in [-0.39, 0.29) is 29.5 Å². The van der Waals surface area contributed by atoms with Gasteiger partial charge in [0.1, 0.15) is 5.60 Å². The van der Waals surface area contributed by atoms with Gasteiger partial charge in [-0.2, -0.15) is 0 Å². The van der Waals surface area contributed by atoms with Crippen molar-refractivity contribution in [3.05, 3.63) is 23.8 Å². The Balaban J connectivity index is 1.70. The molecule has 3 saturated carbocycles. The largest absolute Gasteiger partial charge is 0.458 e. The Hall–Kier alpha value is -1.79. The van der Waals surface area contributed by atoms with Gasteiger partial charge in [0.15, 0.2) is 12.4 Å². The molecule has 0 aromatic rings. The number of fused-ring (bicyclic) bond motifs is 5. The molecule has 0 saturated heterocycles. The smallest absolute Gasteiger partial charge is 0.303 e. The van der Waals surface area contributed by atoms with E-state index in [1.807, 2.05) is 13.0 Å². The molecule has 4 rings (SSSR count).